The zero-order valence-corrected chi connectivity index (χ0v) is 13.3. The minimum atomic E-state index is -0.601. The van der Waals surface area contributed by atoms with E-state index in [0.29, 0.717) is 26.2 Å². The lowest BCUT2D eigenvalue weighted by Crippen LogP contribution is -2.49. The second-order valence-electron chi connectivity index (χ2n) is 5.65. The number of aromatic amines is 1. The number of aromatic nitrogens is 3. The highest BCUT2D eigenvalue weighted by Crippen LogP contribution is 2.21. The van der Waals surface area contributed by atoms with Crippen molar-refractivity contribution in [2.75, 3.05) is 26.2 Å². The number of nitro groups is 1. The minimum absolute atomic E-state index is 0.0637. The van der Waals surface area contributed by atoms with Crippen LogP contribution in [0.3, 0.4) is 0 Å². The van der Waals surface area contributed by atoms with Crippen LogP contribution < -0.4 is 0 Å². The topological polar surface area (TPSA) is 108 Å². The number of hydrogen-bond acceptors (Lipinski definition) is 6. The molecule has 126 valence electrons. The summed E-state index contributed by atoms with van der Waals surface area (Å²) in [5, 5.41) is 17.0. The van der Waals surface area contributed by atoms with Crippen LogP contribution in [0.2, 0.25) is 0 Å². The van der Waals surface area contributed by atoms with Crippen LogP contribution in [-0.4, -0.2) is 62.0 Å². The fraction of sp³-hybridized carbons (Fsp3) is 0.400. The molecule has 2 aromatic rings. The largest absolute Gasteiger partial charge is 0.335 e. The van der Waals surface area contributed by atoms with E-state index in [2.05, 4.69) is 27.0 Å². The Morgan fingerprint density at radius 1 is 1.33 bits per heavy atom. The average molecular weight is 330 g/mol. The van der Waals surface area contributed by atoms with Gasteiger partial charge in [0.2, 0.25) is 5.69 Å². The lowest BCUT2D eigenvalue weighted by molar-refractivity contribution is -0.385. The standard InChI is InChI=1S/C15H18N6O3/c1-11(12-4-2-3-5-16-12)19-6-8-20(9-7-19)15(22)14-13(21(23)24)10-17-18-14/h2-5,10-11H,6-9H2,1H3,(H,17,18)/t11-/m0/s1. The van der Waals surface area contributed by atoms with Crippen LogP contribution in [-0.2, 0) is 0 Å². The van der Waals surface area contributed by atoms with Gasteiger partial charge >= 0.3 is 5.69 Å². The Bertz CT molecular complexity index is 724. The number of rotatable bonds is 4. The van der Waals surface area contributed by atoms with E-state index in [0.717, 1.165) is 11.9 Å². The number of amides is 1. The van der Waals surface area contributed by atoms with E-state index in [9.17, 15) is 14.9 Å². The van der Waals surface area contributed by atoms with E-state index in [1.807, 2.05) is 18.2 Å². The molecular weight excluding hydrogens is 312 g/mol. The van der Waals surface area contributed by atoms with Crippen molar-refractivity contribution in [3.63, 3.8) is 0 Å². The number of piperazine rings is 1. The normalized spacial score (nSPS) is 16.8. The molecule has 1 fully saturated rings. The Labute approximate surface area is 138 Å². The third-order valence-corrected chi connectivity index (χ3v) is 4.29. The molecule has 3 rings (SSSR count). The molecule has 0 radical (unpaired) electrons. The second kappa shape index (κ2) is 6.75. The zero-order valence-electron chi connectivity index (χ0n) is 13.3. The summed E-state index contributed by atoms with van der Waals surface area (Å²) in [6.45, 7) is 4.47. The highest BCUT2D eigenvalue weighted by molar-refractivity contribution is 5.96. The molecule has 9 nitrogen and oxygen atoms in total. The SMILES string of the molecule is C[C@@H](c1ccccn1)N1CCN(C(=O)c2[nH]ncc2[N+](=O)[O-])CC1. The Balaban J connectivity index is 1.64. The van der Waals surface area contributed by atoms with Crippen molar-refractivity contribution in [2.24, 2.45) is 0 Å². The first-order chi connectivity index (χ1) is 11.6. The summed E-state index contributed by atoms with van der Waals surface area (Å²) < 4.78 is 0. The molecule has 1 saturated heterocycles. The Morgan fingerprint density at radius 3 is 2.71 bits per heavy atom. The molecule has 9 heteroatoms. The molecule has 0 aliphatic carbocycles. The van der Waals surface area contributed by atoms with Gasteiger partial charge in [0.25, 0.3) is 5.91 Å². The predicted octanol–water partition coefficient (Wildman–Crippen LogP) is 1.23. The van der Waals surface area contributed by atoms with Crippen LogP contribution in [0.5, 0.6) is 0 Å². The molecule has 0 bridgehead atoms. The van der Waals surface area contributed by atoms with Gasteiger partial charge in [0, 0.05) is 38.4 Å². The number of H-pyrrole nitrogens is 1. The number of nitrogens with one attached hydrogen (secondary N) is 1. The number of carbonyl (C=O) groups excluding carboxylic acids is 1. The summed E-state index contributed by atoms with van der Waals surface area (Å²) in [6, 6.07) is 5.97. The van der Waals surface area contributed by atoms with Crippen LogP contribution in [0, 0.1) is 10.1 Å². The summed E-state index contributed by atoms with van der Waals surface area (Å²) in [5.74, 6) is -0.385. The molecular formula is C15H18N6O3. The molecule has 0 unspecified atom stereocenters. The number of pyridine rings is 1. The maximum Gasteiger partial charge on any atom is 0.319 e. The van der Waals surface area contributed by atoms with Gasteiger partial charge in [-0.05, 0) is 19.1 Å². The van der Waals surface area contributed by atoms with Crippen LogP contribution in [0.4, 0.5) is 5.69 Å². The quantitative estimate of drug-likeness (QED) is 0.667. The van der Waals surface area contributed by atoms with Crippen molar-refractivity contribution in [3.8, 4) is 0 Å². The van der Waals surface area contributed by atoms with Crippen LogP contribution >= 0.6 is 0 Å². The van der Waals surface area contributed by atoms with Gasteiger partial charge in [0.15, 0.2) is 0 Å². The number of nitrogens with zero attached hydrogens (tertiary/aromatic N) is 5. The van der Waals surface area contributed by atoms with Crippen molar-refractivity contribution in [1.29, 1.82) is 0 Å². The molecule has 1 amide bonds. The summed E-state index contributed by atoms with van der Waals surface area (Å²) in [6.07, 6.45) is 2.83. The van der Waals surface area contributed by atoms with Crippen molar-refractivity contribution < 1.29 is 9.72 Å². The maximum atomic E-state index is 12.5. The molecule has 24 heavy (non-hydrogen) atoms. The molecule has 3 heterocycles. The minimum Gasteiger partial charge on any atom is -0.335 e. The molecule has 0 spiro atoms. The van der Waals surface area contributed by atoms with Gasteiger partial charge in [-0.25, -0.2) is 0 Å². The molecule has 1 N–H and O–H groups in total. The van der Waals surface area contributed by atoms with Crippen molar-refractivity contribution in [2.45, 2.75) is 13.0 Å². The van der Waals surface area contributed by atoms with Gasteiger partial charge in [-0.2, -0.15) is 5.10 Å². The molecule has 1 atom stereocenters. The first kappa shape index (κ1) is 16.1. The smallest absolute Gasteiger partial charge is 0.319 e. The fourth-order valence-corrected chi connectivity index (χ4v) is 2.86. The number of hydrogen-bond donors (Lipinski definition) is 1. The third kappa shape index (κ3) is 3.11. The van der Waals surface area contributed by atoms with Crippen molar-refractivity contribution in [3.05, 3.63) is 52.1 Å². The van der Waals surface area contributed by atoms with Crippen LogP contribution in [0.15, 0.2) is 30.6 Å². The lowest BCUT2D eigenvalue weighted by Gasteiger charge is -2.37. The average Bonchev–Trinajstić information content (AvgIpc) is 3.11. The molecule has 1 aliphatic heterocycles. The lowest BCUT2D eigenvalue weighted by atomic mass is 10.1. The molecule has 1 aliphatic rings. The summed E-state index contributed by atoms with van der Waals surface area (Å²) in [7, 11) is 0. The highest BCUT2D eigenvalue weighted by Gasteiger charge is 2.30. The summed E-state index contributed by atoms with van der Waals surface area (Å²) in [5.41, 5.74) is 0.636. The Kier molecular flexibility index (Phi) is 4.52. The van der Waals surface area contributed by atoms with E-state index in [1.165, 1.54) is 0 Å². The molecule has 2 aromatic heterocycles. The summed E-state index contributed by atoms with van der Waals surface area (Å²) in [4.78, 5) is 31.0. The monoisotopic (exact) mass is 330 g/mol. The highest BCUT2D eigenvalue weighted by atomic mass is 16.6. The van der Waals surface area contributed by atoms with Gasteiger partial charge in [0.05, 0.1) is 10.6 Å². The van der Waals surface area contributed by atoms with Crippen LogP contribution in [0.1, 0.15) is 29.1 Å². The summed E-state index contributed by atoms with van der Waals surface area (Å²) >= 11 is 0. The second-order valence-corrected chi connectivity index (χ2v) is 5.65. The zero-order chi connectivity index (χ0) is 17.1. The van der Waals surface area contributed by atoms with E-state index in [-0.39, 0.29) is 23.3 Å². The van der Waals surface area contributed by atoms with E-state index in [1.54, 1.807) is 11.1 Å². The maximum absolute atomic E-state index is 12.5. The first-order valence-corrected chi connectivity index (χ1v) is 7.70. The Hall–Kier alpha value is -2.81. The molecule has 0 saturated carbocycles. The Morgan fingerprint density at radius 2 is 2.08 bits per heavy atom. The third-order valence-electron chi connectivity index (χ3n) is 4.29. The van der Waals surface area contributed by atoms with Crippen molar-refractivity contribution in [1.82, 2.24) is 25.0 Å². The van der Waals surface area contributed by atoms with Gasteiger partial charge in [-0.3, -0.25) is 29.9 Å². The first-order valence-electron chi connectivity index (χ1n) is 7.70. The van der Waals surface area contributed by atoms with Gasteiger partial charge in [-0.1, -0.05) is 6.07 Å². The van der Waals surface area contributed by atoms with E-state index >= 15 is 0 Å². The number of carbonyl (C=O) groups is 1. The van der Waals surface area contributed by atoms with Crippen LogP contribution in [0.25, 0.3) is 0 Å². The van der Waals surface area contributed by atoms with Crippen molar-refractivity contribution >= 4 is 11.6 Å². The molecule has 0 aromatic carbocycles. The van der Waals surface area contributed by atoms with Gasteiger partial charge in [-0.15, -0.1) is 0 Å². The predicted molar refractivity (Wildman–Crippen MR) is 85.4 cm³/mol. The van der Waals surface area contributed by atoms with Gasteiger partial charge in [0.1, 0.15) is 6.20 Å². The fourth-order valence-electron chi connectivity index (χ4n) is 2.86. The van der Waals surface area contributed by atoms with E-state index < -0.39 is 4.92 Å². The van der Waals surface area contributed by atoms with Gasteiger partial charge < -0.3 is 4.90 Å². The van der Waals surface area contributed by atoms with E-state index in [4.69, 9.17) is 0 Å².